The largest absolute Gasteiger partial charge is 0.393 e. The molecule has 0 radical (unpaired) electrons. The average molecular weight is 340 g/mol. The van der Waals surface area contributed by atoms with Crippen molar-refractivity contribution in [2.24, 2.45) is 0 Å². The fourth-order valence-electron chi connectivity index (χ4n) is 4.90. The molecule has 0 fully saturated rings. The molecule has 0 saturated carbocycles. The molecule has 0 spiro atoms. The molecule has 3 aliphatic rings. The van der Waals surface area contributed by atoms with E-state index in [0.717, 1.165) is 32.3 Å². The highest BCUT2D eigenvalue weighted by atomic mass is 14.9. The minimum absolute atomic E-state index is 0.550. The molecule has 3 heteroatoms. The summed E-state index contributed by atoms with van der Waals surface area (Å²) < 4.78 is 0. The molecule has 130 valence electrons. The third-order valence-corrected chi connectivity index (χ3v) is 6.21. The Balaban J connectivity index is 1.37. The number of allylic oxidation sites excluding steroid dienone is 2. The first kappa shape index (κ1) is 16.0. The lowest BCUT2D eigenvalue weighted by Crippen LogP contribution is -2.42. The van der Waals surface area contributed by atoms with Crippen LogP contribution >= 0.6 is 0 Å². The van der Waals surface area contributed by atoms with Gasteiger partial charge >= 0.3 is 0 Å². The molecule has 2 aromatic carbocycles. The summed E-state index contributed by atoms with van der Waals surface area (Å²) in [7, 11) is 0. The lowest BCUT2D eigenvalue weighted by molar-refractivity contribution is 0.698. The Bertz CT molecular complexity index is 928. The van der Waals surface area contributed by atoms with Gasteiger partial charge < -0.3 is 10.6 Å². The summed E-state index contributed by atoms with van der Waals surface area (Å²) in [6.07, 6.45) is 3.27. The van der Waals surface area contributed by atoms with E-state index in [1.807, 2.05) is 0 Å². The zero-order valence-electron chi connectivity index (χ0n) is 15.4. The van der Waals surface area contributed by atoms with Crippen molar-refractivity contribution in [3.63, 3.8) is 0 Å². The molecule has 1 atom stereocenters. The first-order valence-electron chi connectivity index (χ1n) is 9.72. The van der Waals surface area contributed by atoms with Gasteiger partial charge in [-0.3, -0.25) is 0 Å². The van der Waals surface area contributed by atoms with E-state index in [4.69, 9.17) is 0 Å². The van der Waals surface area contributed by atoms with E-state index in [1.54, 1.807) is 0 Å². The van der Waals surface area contributed by atoms with Crippen molar-refractivity contribution in [1.82, 2.24) is 10.6 Å². The van der Waals surface area contributed by atoms with Crippen LogP contribution in [0.4, 0.5) is 0 Å². The highest BCUT2D eigenvalue weighted by Gasteiger charge is 2.35. The second-order valence-electron chi connectivity index (χ2n) is 8.12. The Kier molecular flexibility index (Phi) is 3.79. The van der Waals surface area contributed by atoms with Gasteiger partial charge in [-0.1, -0.05) is 54.5 Å². The first-order chi connectivity index (χ1) is 12.7. The zero-order valence-corrected chi connectivity index (χ0v) is 15.4. The summed E-state index contributed by atoms with van der Waals surface area (Å²) in [6.45, 7) is 8.94. The van der Waals surface area contributed by atoms with Crippen molar-refractivity contribution in [3.05, 3.63) is 88.0 Å². The lowest BCUT2D eigenvalue weighted by Gasteiger charge is -2.28. The van der Waals surface area contributed by atoms with Crippen LogP contribution < -0.4 is 10.6 Å². The lowest BCUT2D eigenvalue weighted by atomic mass is 9.39. The molecule has 0 aliphatic carbocycles. The molecule has 0 saturated heterocycles. The van der Waals surface area contributed by atoms with Gasteiger partial charge in [0.05, 0.1) is 0 Å². The minimum atomic E-state index is 0.550. The summed E-state index contributed by atoms with van der Waals surface area (Å²) in [6, 6.07) is 13.7. The maximum Gasteiger partial charge on any atom is 0.199 e. The van der Waals surface area contributed by atoms with Crippen LogP contribution in [0.1, 0.15) is 40.3 Å². The fourth-order valence-corrected chi connectivity index (χ4v) is 4.90. The average Bonchev–Trinajstić information content (AvgIpc) is 3.24. The van der Waals surface area contributed by atoms with Gasteiger partial charge in [0.1, 0.15) is 0 Å². The summed E-state index contributed by atoms with van der Waals surface area (Å²) in [5.74, 6) is 3.04. The van der Waals surface area contributed by atoms with E-state index in [9.17, 15) is 0 Å². The molecule has 2 nitrogen and oxygen atoms in total. The van der Waals surface area contributed by atoms with E-state index in [-0.39, 0.29) is 0 Å². The minimum Gasteiger partial charge on any atom is -0.393 e. The van der Waals surface area contributed by atoms with Crippen LogP contribution in [0.5, 0.6) is 0 Å². The SMILES string of the molecule is C=C(C)c1cccc2c1CB1C=C(Cc3ccc4c(c3)CNC4)NC1C2. The van der Waals surface area contributed by atoms with Crippen LogP contribution in [-0.2, 0) is 32.3 Å². The summed E-state index contributed by atoms with van der Waals surface area (Å²) in [5, 5.41) is 7.26. The van der Waals surface area contributed by atoms with Gasteiger partial charge in [-0.25, -0.2) is 0 Å². The van der Waals surface area contributed by atoms with E-state index < -0.39 is 0 Å². The number of nitrogens with one attached hydrogen (secondary N) is 2. The standard InChI is InChI=1S/C23H25BN2/c1-15(2)21-5-3-4-17-10-23-24(12-22(17)21)11-20(26-23)9-16-6-7-18-13-25-14-19(18)8-16/h3-8,11,23,25-26H,1,9-10,12-14H2,2H3. The molecule has 26 heavy (non-hydrogen) atoms. The smallest absolute Gasteiger partial charge is 0.199 e. The Morgan fingerprint density at radius 2 is 2.04 bits per heavy atom. The Hall–Kier alpha value is -2.26. The van der Waals surface area contributed by atoms with Crippen LogP contribution in [0.25, 0.3) is 5.57 Å². The second-order valence-corrected chi connectivity index (χ2v) is 8.12. The van der Waals surface area contributed by atoms with Gasteiger partial charge in [-0.05, 0) is 53.0 Å². The Morgan fingerprint density at radius 3 is 2.92 bits per heavy atom. The molecule has 2 aromatic rings. The molecule has 0 amide bonds. The predicted octanol–water partition coefficient (Wildman–Crippen LogP) is 3.63. The normalized spacial score (nSPS) is 20.1. The summed E-state index contributed by atoms with van der Waals surface area (Å²) >= 11 is 0. The van der Waals surface area contributed by atoms with E-state index in [0.29, 0.717) is 12.7 Å². The predicted molar refractivity (Wildman–Crippen MR) is 110 cm³/mol. The molecular formula is C23H25BN2. The monoisotopic (exact) mass is 340 g/mol. The van der Waals surface area contributed by atoms with Gasteiger partial charge in [0, 0.05) is 31.1 Å². The summed E-state index contributed by atoms with van der Waals surface area (Å²) in [4.78, 5) is 0. The maximum absolute atomic E-state index is 4.18. The number of rotatable bonds is 3. The van der Waals surface area contributed by atoms with E-state index in [2.05, 4.69) is 66.5 Å². The maximum atomic E-state index is 4.18. The van der Waals surface area contributed by atoms with Crippen LogP contribution in [0.2, 0.25) is 0 Å². The van der Waals surface area contributed by atoms with Gasteiger partial charge in [0.25, 0.3) is 0 Å². The Morgan fingerprint density at radius 1 is 1.15 bits per heavy atom. The van der Waals surface area contributed by atoms with Crippen LogP contribution in [0.15, 0.2) is 54.6 Å². The van der Waals surface area contributed by atoms with Gasteiger partial charge in [0.2, 0.25) is 0 Å². The van der Waals surface area contributed by atoms with Crippen LogP contribution in [-0.4, -0.2) is 12.7 Å². The molecule has 5 rings (SSSR count). The topological polar surface area (TPSA) is 24.1 Å². The van der Waals surface area contributed by atoms with Crippen molar-refractivity contribution in [2.75, 3.05) is 0 Å². The third-order valence-electron chi connectivity index (χ3n) is 6.21. The number of benzene rings is 2. The van der Waals surface area contributed by atoms with Crippen molar-refractivity contribution in [2.45, 2.75) is 45.1 Å². The first-order valence-corrected chi connectivity index (χ1v) is 9.72. The second kappa shape index (κ2) is 6.17. The Labute approximate surface area is 156 Å². The van der Waals surface area contributed by atoms with E-state index in [1.165, 1.54) is 44.7 Å². The number of hydrogen-bond donors (Lipinski definition) is 2. The quantitative estimate of drug-likeness (QED) is 0.834. The molecule has 2 N–H and O–H groups in total. The zero-order chi connectivity index (χ0) is 17.7. The molecule has 0 aromatic heterocycles. The van der Waals surface area contributed by atoms with Gasteiger partial charge in [-0.2, -0.15) is 0 Å². The third kappa shape index (κ3) is 2.71. The highest BCUT2D eigenvalue weighted by molar-refractivity contribution is 6.67. The van der Waals surface area contributed by atoms with Gasteiger partial charge in [-0.15, -0.1) is 0 Å². The molecule has 3 heterocycles. The van der Waals surface area contributed by atoms with E-state index >= 15 is 0 Å². The number of fused-ring (bicyclic) bond motifs is 3. The van der Waals surface area contributed by atoms with Crippen molar-refractivity contribution < 1.29 is 0 Å². The molecule has 0 bridgehead atoms. The summed E-state index contributed by atoms with van der Waals surface area (Å²) in [5.41, 5.74) is 11.3. The van der Waals surface area contributed by atoms with Crippen molar-refractivity contribution in [3.8, 4) is 0 Å². The van der Waals surface area contributed by atoms with Crippen LogP contribution in [0, 0.1) is 0 Å². The van der Waals surface area contributed by atoms with Crippen molar-refractivity contribution >= 4 is 12.3 Å². The molecule has 3 aliphatic heterocycles. The molecule has 1 unspecified atom stereocenters. The number of hydrogen-bond acceptors (Lipinski definition) is 2. The van der Waals surface area contributed by atoms with Crippen LogP contribution in [0.3, 0.4) is 0 Å². The van der Waals surface area contributed by atoms with Gasteiger partial charge in [0.15, 0.2) is 6.71 Å². The molecular weight excluding hydrogens is 315 g/mol. The fraction of sp³-hybridized carbons (Fsp3) is 0.304. The van der Waals surface area contributed by atoms with Crippen molar-refractivity contribution in [1.29, 1.82) is 0 Å². The highest BCUT2D eigenvalue weighted by Crippen LogP contribution is 2.31.